The van der Waals surface area contributed by atoms with E-state index in [9.17, 15) is 26.4 Å². The lowest BCUT2D eigenvalue weighted by atomic mass is 9.86. The molecule has 40 heavy (non-hydrogen) atoms. The van der Waals surface area contributed by atoms with Gasteiger partial charge in [0.15, 0.2) is 0 Å². The molecule has 0 atom stereocenters. The fraction of sp³-hybridized carbons (Fsp3) is 0.233. The van der Waals surface area contributed by atoms with E-state index < -0.39 is 26.8 Å². The molecule has 0 saturated heterocycles. The number of carbonyl (C=O) groups is 1. The Morgan fingerprint density at radius 3 is 2.10 bits per heavy atom. The number of nitrogens with zero attached hydrogens (tertiary/aromatic N) is 1. The van der Waals surface area contributed by atoms with Crippen molar-refractivity contribution in [1.29, 1.82) is 0 Å². The molecule has 0 aliphatic carbocycles. The van der Waals surface area contributed by atoms with Crippen molar-refractivity contribution in [2.24, 2.45) is 0 Å². The van der Waals surface area contributed by atoms with Gasteiger partial charge in [-0.1, -0.05) is 51.1 Å². The van der Waals surface area contributed by atoms with Gasteiger partial charge in [0, 0.05) is 12.1 Å². The molecule has 210 valence electrons. The smallest absolute Gasteiger partial charge is 0.416 e. The lowest BCUT2D eigenvalue weighted by Gasteiger charge is -2.23. The Bertz CT molecular complexity index is 1560. The molecule has 0 bridgehead atoms. The highest BCUT2D eigenvalue weighted by Crippen LogP contribution is 2.31. The lowest BCUT2D eigenvalue weighted by Crippen LogP contribution is -2.30. The van der Waals surface area contributed by atoms with Crippen molar-refractivity contribution >= 4 is 16.0 Å². The van der Waals surface area contributed by atoms with Crippen molar-refractivity contribution in [1.82, 2.24) is 4.90 Å². The zero-order valence-corrected chi connectivity index (χ0v) is 22.9. The summed E-state index contributed by atoms with van der Waals surface area (Å²) < 4.78 is 74.7. The van der Waals surface area contributed by atoms with Crippen LogP contribution in [0.4, 0.5) is 13.2 Å². The normalized spacial score (nSPS) is 12.2. The molecule has 0 fully saturated rings. The molecule has 1 amide bonds. The highest BCUT2D eigenvalue weighted by Gasteiger charge is 2.32. The van der Waals surface area contributed by atoms with Crippen molar-refractivity contribution in [3.8, 4) is 5.75 Å². The van der Waals surface area contributed by atoms with E-state index in [0.717, 1.165) is 23.8 Å². The number of amides is 1. The Balaban J connectivity index is 1.52. The number of hydrogen-bond acceptors (Lipinski definition) is 5. The fourth-order valence-corrected chi connectivity index (χ4v) is 4.94. The van der Waals surface area contributed by atoms with Crippen LogP contribution in [0.1, 0.15) is 53.6 Å². The quantitative estimate of drug-likeness (QED) is 0.209. The van der Waals surface area contributed by atoms with Crippen LogP contribution in [0.15, 0.2) is 101 Å². The molecule has 0 aliphatic heterocycles. The topological polar surface area (TPSA) is 76.8 Å². The Labute approximate surface area is 231 Å². The molecule has 3 aromatic carbocycles. The molecule has 1 aromatic heterocycles. The summed E-state index contributed by atoms with van der Waals surface area (Å²) in [5.74, 6) is 0.291. The van der Waals surface area contributed by atoms with Gasteiger partial charge in [-0.05, 0) is 71.1 Å². The van der Waals surface area contributed by atoms with Crippen LogP contribution in [0.25, 0.3) is 0 Å². The monoisotopic (exact) mass is 571 g/mol. The number of rotatable bonds is 8. The Morgan fingerprint density at radius 1 is 0.850 bits per heavy atom. The van der Waals surface area contributed by atoms with Gasteiger partial charge in [0.1, 0.15) is 16.4 Å². The molecular weight excluding hydrogens is 543 g/mol. The summed E-state index contributed by atoms with van der Waals surface area (Å²) in [6, 6.07) is 20.2. The fourth-order valence-electron chi connectivity index (χ4n) is 3.96. The second-order valence-electron chi connectivity index (χ2n) is 10.3. The largest absolute Gasteiger partial charge is 0.467 e. The van der Waals surface area contributed by atoms with E-state index in [4.69, 9.17) is 8.60 Å². The molecule has 0 unspecified atom stereocenters. The summed E-state index contributed by atoms with van der Waals surface area (Å²) >= 11 is 0. The number of furan rings is 1. The van der Waals surface area contributed by atoms with Crippen molar-refractivity contribution in [3.63, 3.8) is 0 Å². The Morgan fingerprint density at radius 2 is 1.52 bits per heavy atom. The molecule has 10 heteroatoms. The van der Waals surface area contributed by atoms with Crippen LogP contribution >= 0.6 is 0 Å². The van der Waals surface area contributed by atoms with Gasteiger partial charge >= 0.3 is 16.3 Å². The van der Waals surface area contributed by atoms with Gasteiger partial charge in [-0.25, -0.2) is 0 Å². The minimum Gasteiger partial charge on any atom is -0.467 e. The maximum Gasteiger partial charge on any atom is 0.416 e. The number of carbonyl (C=O) groups excluding carboxylic acids is 1. The molecular formula is C30H28F3NO5S. The van der Waals surface area contributed by atoms with Gasteiger partial charge in [0.05, 0.1) is 18.4 Å². The number of alkyl halides is 3. The molecule has 0 N–H and O–H groups in total. The van der Waals surface area contributed by atoms with E-state index >= 15 is 0 Å². The van der Waals surface area contributed by atoms with Gasteiger partial charge in [-0.3, -0.25) is 4.79 Å². The number of hydrogen-bond donors (Lipinski definition) is 0. The molecule has 0 aliphatic rings. The average Bonchev–Trinajstić information content (AvgIpc) is 3.41. The van der Waals surface area contributed by atoms with Gasteiger partial charge in [-0.2, -0.15) is 21.6 Å². The molecule has 0 spiro atoms. The van der Waals surface area contributed by atoms with Crippen LogP contribution in [0.3, 0.4) is 0 Å². The first-order chi connectivity index (χ1) is 18.7. The van der Waals surface area contributed by atoms with Crippen LogP contribution in [0, 0.1) is 0 Å². The van der Waals surface area contributed by atoms with E-state index in [1.54, 1.807) is 41.3 Å². The minimum absolute atomic E-state index is 0.0616. The van der Waals surface area contributed by atoms with Gasteiger partial charge in [-0.15, -0.1) is 0 Å². The zero-order chi connectivity index (χ0) is 29.1. The van der Waals surface area contributed by atoms with Crippen LogP contribution in [-0.2, 0) is 34.8 Å². The van der Waals surface area contributed by atoms with E-state index in [1.165, 1.54) is 18.4 Å². The van der Waals surface area contributed by atoms with Crippen LogP contribution < -0.4 is 4.18 Å². The standard InChI is InChI=1S/C30H28F3NO5S/c1-29(2,3)23-13-11-22(12-14-23)28(35)34(20-26-7-5-17-38-26)19-21-9-15-25(16-10-21)39-40(36,37)27-8-4-6-24(18-27)30(31,32)33/h4-18H,19-20H2,1-3H3. The summed E-state index contributed by atoms with van der Waals surface area (Å²) in [6.45, 7) is 6.65. The minimum atomic E-state index is -4.69. The number of benzene rings is 3. The predicted molar refractivity (Wildman–Crippen MR) is 143 cm³/mol. The first kappa shape index (κ1) is 28.9. The molecule has 1 heterocycles. The van der Waals surface area contributed by atoms with Crippen LogP contribution in [0.5, 0.6) is 5.75 Å². The lowest BCUT2D eigenvalue weighted by molar-refractivity contribution is -0.137. The molecule has 6 nitrogen and oxygen atoms in total. The van der Waals surface area contributed by atoms with Gasteiger partial charge in [0.25, 0.3) is 5.91 Å². The van der Waals surface area contributed by atoms with Crippen LogP contribution in [-0.4, -0.2) is 19.2 Å². The maximum atomic E-state index is 13.4. The average molecular weight is 572 g/mol. The molecule has 0 radical (unpaired) electrons. The Kier molecular flexibility index (Phi) is 8.11. The van der Waals surface area contributed by atoms with E-state index in [-0.39, 0.29) is 30.2 Å². The third-order valence-electron chi connectivity index (χ3n) is 6.16. The molecule has 4 rings (SSSR count). The first-order valence-corrected chi connectivity index (χ1v) is 13.8. The van der Waals surface area contributed by atoms with Crippen LogP contribution in [0.2, 0.25) is 0 Å². The summed E-state index contributed by atoms with van der Waals surface area (Å²) in [6.07, 6.45) is -3.17. The summed E-state index contributed by atoms with van der Waals surface area (Å²) in [4.78, 5) is 14.4. The second-order valence-corrected chi connectivity index (χ2v) is 11.8. The van der Waals surface area contributed by atoms with Crippen molar-refractivity contribution < 1.29 is 35.0 Å². The van der Waals surface area contributed by atoms with Gasteiger partial charge in [0.2, 0.25) is 0 Å². The third-order valence-corrected chi connectivity index (χ3v) is 7.41. The first-order valence-electron chi connectivity index (χ1n) is 12.4. The Hall–Kier alpha value is -4.05. The SMILES string of the molecule is CC(C)(C)c1ccc(C(=O)N(Cc2ccc(OS(=O)(=O)c3cccc(C(F)(F)F)c3)cc2)Cc2ccco2)cc1. The van der Waals surface area contributed by atoms with E-state index in [1.807, 2.05) is 12.1 Å². The predicted octanol–water partition coefficient (Wildman–Crippen LogP) is 7.21. The third kappa shape index (κ3) is 7.12. The highest BCUT2D eigenvalue weighted by molar-refractivity contribution is 7.87. The van der Waals surface area contributed by atoms with Gasteiger partial charge < -0.3 is 13.5 Å². The second kappa shape index (κ2) is 11.2. The molecule has 4 aromatic rings. The number of halogens is 3. The summed E-state index contributed by atoms with van der Waals surface area (Å²) in [7, 11) is -4.51. The van der Waals surface area contributed by atoms with E-state index in [2.05, 4.69) is 20.8 Å². The summed E-state index contributed by atoms with van der Waals surface area (Å²) in [5.41, 5.74) is 1.12. The highest BCUT2D eigenvalue weighted by atomic mass is 32.2. The maximum absolute atomic E-state index is 13.4. The summed E-state index contributed by atoms with van der Waals surface area (Å²) in [5, 5.41) is 0. The van der Waals surface area contributed by atoms with Crippen molar-refractivity contribution in [3.05, 3.63) is 119 Å². The zero-order valence-electron chi connectivity index (χ0n) is 22.1. The van der Waals surface area contributed by atoms with E-state index in [0.29, 0.717) is 23.0 Å². The molecule has 0 saturated carbocycles. The van der Waals surface area contributed by atoms with Crippen molar-refractivity contribution in [2.45, 2.75) is 50.3 Å². The van der Waals surface area contributed by atoms with Crippen molar-refractivity contribution in [2.75, 3.05) is 0 Å².